The zero-order valence-corrected chi connectivity index (χ0v) is 21.6. The molecule has 1 fully saturated rings. The summed E-state index contributed by atoms with van der Waals surface area (Å²) < 4.78 is 23.8. The average Bonchev–Trinajstić information content (AvgIpc) is 3.51. The first kappa shape index (κ1) is 26.1. The first-order valence-electron chi connectivity index (χ1n) is 12.6. The molecule has 36 heavy (non-hydrogen) atoms. The first-order valence-corrected chi connectivity index (χ1v) is 13.0. The number of carbonyl (C=O) groups excluding carboxylic acids is 2. The Hall–Kier alpha value is -2.99. The zero-order valence-electron chi connectivity index (χ0n) is 20.9. The fourth-order valence-corrected chi connectivity index (χ4v) is 5.48. The van der Waals surface area contributed by atoms with E-state index >= 15 is 0 Å². The standard InChI is InChI=1S/C29H33ClO6/c1-5-20(35-24(31)7-3)15-33-28-22-12-11-19(30)14-23(22)29(27-18-10-9-17(13-18)26(27)28)34-16-21(6-2)36-25(32)8-4/h7-8,11-12,14,17-18,20-21H,3-6,9-10,13,15-16H2,1-2H3. The Bertz CT molecular complexity index is 1170. The van der Waals surface area contributed by atoms with Crippen molar-refractivity contribution in [3.8, 4) is 11.5 Å². The van der Waals surface area contributed by atoms with Crippen LogP contribution in [-0.2, 0) is 19.1 Å². The van der Waals surface area contributed by atoms with Crippen LogP contribution in [-0.4, -0.2) is 37.4 Å². The van der Waals surface area contributed by atoms with E-state index < -0.39 is 11.9 Å². The number of halogens is 1. The Morgan fingerprint density at radius 2 is 1.42 bits per heavy atom. The zero-order chi connectivity index (χ0) is 25.8. The lowest BCUT2D eigenvalue weighted by molar-refractivity contribution is -0.145. The SMILES string of the molecule is C=CC(=O)OC(CC)COc1c2c(c(OCC(CC)OC(=O)C=C)c3cc(Cl)ccc13)C1CCC2C1. The van der Waals surface area contributed by atoms with Gasteiger partial charge in [0.15, 0.2) is 0 Å². The molecule has 2 bridgehead atoms. The van der Waals surface area contributed by atoms with Crippen LogP contribution in [0, 0.1) is 0 Å². The molecule has 0 spiro atoms. The molecule has 0 N–H and O–H groups in total. The molecule has 192 valence electrons. The van der Waals surface area contributed by atoms with Crippen molar-refractivity contribution in [1.29, 1.82) is 0 Å². The maximum Gasteiger partial charge on any atom is 0.330 e. The summed E-state index contributed by atoms with van der Waals surface area (Å²) in [5.74, 6) is 1.45. The number of hydrogen-bond acceptors (Lipinski definition) is 6. The predicted molar refractivity (Wildman–Crippen MR) is 140 cm³/mol. The van der Waals surface area contributed by atoms with Gasteiger partial charge in [-0.15, -0.1) is 0 Å². The van der Waals surface area contributed by atoms with Gasteiger partial charge in [-0.2, -0.15) is 0 Å². The minimum Gasteiger partial charge on any atom is -0.489 e. The normalized spacial score (nSPS) is 19.3. The minimum absolute atomic E-state index is 0.233. The van der Waals surface area contributed by atoms with E-state index in [-0.39, 0.29) is 25.4 Å². The summed E-state index contributed by atoms with van der Waals surface area (Å²) in [6, 6.07) is 5.70. The van der Waals surface area contributed by atoms with Gasteiger partial charge in [0.05, 0.1) is 0 Å². The second-order valence-electron chi connectivity index (χ2n) is 9.35. The summed E-state index contributed by atoms with van der Waals surface area (Å²) in [7, 11) is 0. The first-order chi connectivity index (χ1) is 17.4. The van der Waals surface area contributed by atoms with Crippen molar-refractivity contribution < 1.29 is 28.5 Å². The van der Waals surface area contributed by atoms with E-state index in [0.717, 1.165) is 53.2 Å². The predicted octanol–water partition coefficient (Wildman–Crippen LogP) is 6.63. The summed E-state index contributed by atoms with van der Waals surface area (Å²) >= 11 is 6.43. The Kier molecular flexibility index (Phi) is 8.24. The van der Waals surface area contributed by atoms with Crippen LogP contribution in [0.1, 0.15) is 68.9 Å². The van der Waals surface area contributed by atoms with Crippen molar-refractivity contribution in [2.45, 2.75) is 70.0 Å². The average molecular weight is 513 g/mol. The smallest absolute Gasteiger partial charge is 0.330 e. The van der Waals surface area contributed by atoms with Gasteiger partial charge in [0, 0.05) is 39.1 Å². The van der Waals surface area contributed by atoms with Crippen molar-refractivity contribution in [2.75, 3.05) is 13.2 Å². The molecule has 1 saturated carbocycles. The third-order valence-corrected chi connectivity index (χ3v) is 7.37. The number of rotatable bonds is 12. The number of benzene rings is 2. The van der Waals surface area contributed by atoms with Gasteiger partial charge in [0.2, 0.25) is 0 Å². The third kappa shape index (κ3) is 5.24. The lowest BCUT2D eigenvalue weighted by Gasteiger charge is -2.27. The molecule has 0 radical (unpaired) electrons. The van der Waals surface area contributed by atoms with Crippen molar-refractivity contribution in [3.05, 3.63) is 59.7 Å². The van der Waals surface area contributed by atoms with Crippen molar-refractivity contribution in [2.24, 2.45) is 0 Å². The van der Waals surface area contributed by atoms with Crippen LogP contribution in [0.25, 0.3) is 10.8 Å². The van der Waals surface area contributed by atoms with E-state index in [2.05, 4.69) is 13.2 Å². The van der Waals surface area contributed by atoms with E-state index in [1.54, 1.807) is 0 Å². The van der Waals surface area contributed by atoms with Gasteiger partial charge >= 0.3 is 11.9 Å². The van der Waals surface area contributed by atoms with Gasteiger partial charge in [-0.25, -0.2) is 9.59 Å². The largest absolute Gasteiger partial charge is 0.489 e. The van der Waals surface area contributed by atoms with E-state index in [1.807, 2.05) is 32.0 Å². The molecule has 2 aliphatic rings. The van der Waals surface area contributed by atoms with Gasteiger partial charge < -0.3 is 18.9 Å². The number of hydrogen-bond donors (Lipinski definition) is 0. The molecule has 7 heteroatoms. The summed E-state index contributed by atoms with van der Waals surface area (Å²) in [6.07, 6.45) is 6.05. The molecule has 2 aromatic carbocycles. The van der Waals surface area contributed by atoms with Crippen LogP contribution in [0.5, 0.6) is 11.5 Å². The molecule has 4 unspecified atom stereocenters. The number of fused-ring (bicyclic) bond motifs is 6. The Labute approximate surface area is 217 Å². The highest BCUT2D eigenvalue weighted by atomic mass is 35.5. The molecule has 0 heterocycles. The Balaban J connectivity index is 1.73. The Morgan fingerprint density at radius 1 is 0.917 bits per heavy atom. The fraction of sp³-hybridized carbons (Fsp3) is 0.448. The topological polar surface area (TPSA) is 71.1 Å². The summed E-state index contributed by atoms with van der Waals surface area (Å²) in [5, 5.41) is 2.37. The van der Waals surface area contributed by atoms with Gasteiger partial charge in [0.1, 0.15) is 36.9 Å². The molecule has 2 aliphatic carbocycles. The molecule has 0 amide bonds. The van der Waals surface area contributed by atoms with Crippen molar-refractivity contribution in [3.63, 3.8) is 0 Å². The summed E-state index contributed by atoms with van der Waals surface area (Å²) in [5.41, 5.74) is 2.34. The molecule has 2 aromatic rings. The van der Waals surface area contributed by atoms with Gasteiger partial charge in [-0.1, -0.05) is 38.6 Å². The molecule has 4 rings (SSSR count). The minimum atomic E-state index is -0.464. The molecule has 0 saturated heterocycles. The maximum atomic E-state index is 11.8. The van der Waals surface area contributed by atoms with Gasteiger partial charge in [0.25, 0.3) is 0 Å². The number of esters is 2. The molecule has 0 aromatic heterocycles. The molecule has 0 aliphatic heterocycles. The van der Waals surface area contributed by atoms with Crippen molar-refractivity contribution >= 4 is 34.3 Å². The third-order valence-electron chi connectivity index (χ3n) is 7.14. The second kappa shape index (κ2) is 11.4. The highest BCUT2D eigenvalue weighted by Crippen LogP contribution is 2.61. The van der Waals surface area contributed by atoms with Crippen molar-refractivity contribution in [1.82, 2.24) is 0 Å². The van der Waals surface area contributed by atoms with Crippen LogP contribution >= 0.6 is 11.6 Å². The van der Waals surface area contributed by atoms with E-state index in [9.17, 15) is 9.59 Å². The van der Waals surface area contributed by atoms with Crippen LogP contribution in [0.15, 0.2) is 43.5 Å². The highest BCUT2D eigenvalue weighted by Gasteiger charge is 2.43. The lowest BCUT2D eigenvalue weighted by Crippen LogP contribution is -2.25. The van der Waals surface area contributed by atoms with Crippen LogP contribution in [0.3, 0.4) is 0 Å². The summed E-state index contributed by atoms with van der Waals surface area (Å²) in [4.78, 5) is 23.5. The number of carbonyl (C=O) groups is 2. The van der Waals surface area contributed by atoms with E-state index in [0.29, 0.717) is 29.7 Å². The highest BCUT2D eigenvalue weighted by molar-refractivity contribution is 6.31. The van der Waals surface area contributed by atoms with Crippen LogP contribution in [0.2, 0.25) is 5.02 Å². The van der Waals surface area contributed by atoms with Crippen LogP contribution < -0.4 is 9.47 Å². The fourth-order valence-electron chi connectivity index (χ4n) is 5.31. The number of ether oxygens (including phenoxy) is 4. The van der Waals surface area contributed by atoms with E-state index in [1.165, 1.54) is 11.6 Å². The molecular formula is C29H33ClO6. The Morgan fingerprint density at radius 3 is 1.89 bits per heavy atom. The summed E-state index contributed by atoms with van der Waals surface area (Å²) in [6.45, 7) is 11.3. The molecule has 4 atom stereocenters. The van der Waals surface area contributed by atoms with Gasteiger partial charge in [-0.05, 0) is 62.1 Å². The lowest BCUT2D eigenvalue weighted by atomic mass is 9.87. The quantitative estimate of drug-likeness (QED) is 0.235. The molecule has 6 nitrogen and oxygen atoms in total. The van der Waals surface area contributed by atoms with Gasteiger partial charge in [-0.3, -0.25) is 0 Å². The maximum absolute atomic E-state index is 11.8. The monoisotopic (exact) mass is 512 g/mol. The van der Waals surface area contributed by atoms with Crippen LogP contribution in [0.4, 0.5) is 0 Å². The second-order valence-corrected chi connectivity index (χ2v) is 9.78. The van der Waals surface area contributed by atoms with E-state index in [4.69, 9.17) is 30.5 Å². The molecular weight excluding hydrogens is 480 g/mol.